The van der Waals surface area contributed by atoms with Gasteiger partial charge in [-0.2, -0.15) is 0 Å². The number of nitrogens with zero attached hydrogens (tertiary/aromatic N) is 2. The van der Waals surface area contributed by atoms with E-state index in [-0.39, 0.29) is 18.2 Å². The summed E-state index contributed by atoms with van der Waals surface area (Å²) in [6.45, 7) is 0.280. The van der Waals surface area contributed by atoms with Crippen LogP contribution in [0.4, 0.5) is 0 Å². The molecular formula is C34H24Cl2N2O2S. The molecule has 4 nitrogen and oxygen atoms in total. The Morgan fingerprint density at radius 2 is 1.71 bits per heavy atom. The molecule has 2 aliphatic rings. The second-order valence-electron chi connectivity index (χ2n) is 10.1. The molecule has 5 aromatic rings. The molecule has 0 saturated carbocycles. The van der Waals surface area contributed by atoms with Crippen molar-refractivity contribution in [3.63, 3.8) is 0 Å². The summed E-state index contributed by atoms with van der Waals surface area (Å²) in [7, 11) is 0. The van der Waals surface area contributed by atoms with Crippen molar-refractivity contribution in [3.8, 4) is 5.75 Å². The zero-order valence-electron chi connectivity index (χ0n) is 21.9. The van der Waals surface area contributed by atoms with E-state index in [4.69, 9.17) is 32.9 Å². The summed E-state index contributed by atoms with van der Waals surface area (Å²) in [6, 6.07) is 31.6. The number of hydrogen-bond acceptors (Lipinski definition) is 4. The molecule has 0 N–H and O–H groups in total. The third-order valence-electron chi connectivity index (χ3n) is 7.59. The molecule has 7 heteroatoms. The van der Waals surface area contributed by atoms with Crippen LogP contribution in [-0.4, -0.2) is 4.57 Å². The van der Waals surface area contributed by atoms with Crippen LogP contribution in [0.1, 0.15) is 40.3 Å². The van der Waals surface area contributed by atoms with Crippen LogP contribution in [-0.2, 0) is 13.0 Å². The van der Waals surface area contributed by atoms with Gasteiger partial charge in [0, 0.05) is 26.7 Å². The van der Waals surface area contributed by atoms with Gasteiger partial charge in [-0.25, -0.2) is 4.99 Å². The minimum atomic E-state index is -0.198. The van der Waals surface area contributed by atoms with Crippen LogP contribution in [0.15, 0.2) is 112 Å². The predicted molar refractivity (Wildman–Crippen MR) is 166 cm³/mol. The van der Waals surface area contributed by atoms with E-state index in [2.05, 4.69) is 36.4 Å². The first kappa shape index (κ1) is 26.0. The molecule has 0 fully saturated rings. The highest BCUT2D eigenvalue weighted by Gasteiger charge is 2.32. The Kier molecular flexibility index (Phi) is 6.87. The Morgan fingerprint density at radius 1 is 0.927 bits per heavy atom. The van der Waals surface area contributed by atoms with E-state index in [1.54, 1.807) is 12.1 Å². The molecule has 0 spiro atoms. The van der Waals surface area contributed by atoms with Gasteiger partial charge >= 0.3 is 0 Å². The molecule has 7 rings (SSSR count). The minimum Gasteiger partial charge on any atom is -0.488 e. The minimum absolute atomic E-state index is 0.0523. The molecule has 1 aromatic heterocycles. The smallest absolute Gasteiger partial charge is 0.271 e. The first-order valence-corrected chi connectivity index (χ1v) is 15.0. The number of thiazole rings is 1. The Morgan fingerprint density at radius 3 is 2.56 bits per heavy atom. The third kappa shape index (κ3) is 4.84. The van der Waals surface area contributed by atoms with E-state index < -0.39 is 0 Å². The zero-order chi connectivity index (χ0) is 27.9. The number of fused-ring (bicyclic) bond motifs is 3. The molecule has 4 aromatic carbocycles. The quantitative estimate of drug-likeness (QED) is 0.216. The summed E-state index contributed by atoms with van der Waals surface area (Å²) >= 11 is 13.8. The summed E-state index contributed by atoms with van der Waals surface area (Å²) in [6.07, 6.45) is 3.70. The first-order chi connectivity index (χ1) is 20.1. The lowest BCUT2D eigenvalue weighted by Crippen LogP contribution is -2.38. The molecule has 41 heavy (non-hydrogen) atoms. The normalized spacial score (nSPS) is 16.0. The Bertz CT molecular complexity index is 2010. The fourth-order valence-electron chi connectivity index (χ4n) is 5.62. The molecule has 0 amide bonds. The molecule has 2 heterocycles. The fraction of sp³-hybridized carbons (Fsp3) is 0.118. The Hall–Kier alpha value is -3.90. The van der Waals surface area contributed by atoms with Crippen LogP contribution >= 0.6 is 34.5 Å². The van der Waals surface area contributed by atoms with Gasteiger partial charge in [0.2, 0.25) is 0 Å². The first-order valence-electron chi connectivity index (χ1n) is 13.4. The SMILES string of the molecule is O=c1/c(=C/c2ccccc2OCc2ccc(Cl)cc2Cl)sc2n1[C@@H](c1ccccc1)C1=C(N=2)c2ccccc2CC1. The van der Waals surface area contributed by atoms with Crippen LogP contribution in [0.3, 0.4) is 0 Å². The van der Waals surface area contributed by atoms with Crippen molar-refractivity contribution in [1.29, 1.82) is 0 Å². The van der Waals surface area contributed by atoms with Crippen molar-refractivity contribution in [2.45, 2.75) is 25.5 Å². The lowest BCUT2D eigenvalue weighted by atomic mass is 9.83. The van der Waals surface area contributed by atoms with Crippen molar-refractivity contribution in [1.82, 2.24) is 4.57 Å². The van der Waals surface area contributed by atoms with Gasteiger partial charge < -0.3 is 4.74 Å². The number of para-hydroxylation sites is 1. The standard InChI is InChI=1S/C34H24Cl2N2O2S/c35-25-16-14-24(28(36)19-25)20-40-29-13-7-5-11-23(29)18-30-33(39)38-32(22-9-2-1-3-10-22)27-17-15-21-8-4-6-12-26(21)31(27)37-34(38)41-30/h1-14,16,18-19,32H,15,17,20H2/b30-18-/t32-/m0/s1. The summed E-state index contributed by atoms with van der Waals surface area (Å²) in [5.74, 6) is 0.664. The molecule has 0 saturated heterocycles. The van der Waals surface area contributed by atoms with Crippen LogP contribution in [0, 0.1) is 0 Å². The number of rotatable bonds is 5. The van der Waals surface area contributed by atoms with Crippen molar-refractivity contribution >= 4 is 46.3 Å². The number of aromatic nitrogens is 1. The average molecular weight is 596 g/mol. The molecule has 202 valence electrons. The van der Waals surface area contributed by atoms with Crippen LogP contribution in [0.2, 0.25) is 10.0 Å². The highest BCUT2D eigenvalue weighted by atomic mass is 35.5. The highest BCUT2D eigenvalue weighted by molar-refractivity contribution is 7.07. The number of hydrogen-bond donors (Lipinski definition) is 0. The van der Waals surface area contributed by atoms with Gasteiger partial charge in [0.25, 0.3) is 5.56 Å². The second kappa shape index (κ2) is 10.8. The van der Waals surface area contributed by atoms with Gasteiger partial charge in [-0.05, 0) is 53.8 Å². The van der Waals surface area contributed by atoms with Gasteiger partial charge in [-0.3, -0.25) is 9.36 Å². The monoisotopic (exact) mass is 594 g/mol. The number of ether oxygens (including phenoxy) is 1. The Labute approximate surface area is 251 Å². The van der Waals surface area contributed by atoms with Gasteiger partial charge in [-0.1, -0.05) is 113 Å². The molecule has 0 bridgehead atoms. The molecule has 1 atom stereocenters. The lowest BCUT2D eigenvalue weighted by molar-refractivity contribution is 0.305. The topological polar surface area (TPSA) is 43.6 Å². The summed E-state index contributed by atoms with van der Waals surface area (Å²) in [5.41, 5.74) is 7.33. The number of halogens is 2. The zero-order valence-corrected chi connectivity index (χ0v) is 24.2. The van der Waals surface area contributed by atoms with E-state index in [0.717, 1.165) is 40.8 Å². The van der Waals surface area contributed by atoms with E-state index in [1.165, 1.54) is 22.5 Å². The maximum absolute atomic E-state index is 14.1. The van der Waals surface area contributed by atoms with Gasteiger partial charge in [0.1, 0.15) is 12.4 Å². The van der Waals surface area contributed by atoms with Gasteiger partial charge in [0.05, 0.1) is 16.3 Å². The molecule has 1 aliphatic carbocycles. The number of aryl methyl sites for hydroxylation is 1. The lowest BCUT2D eigenvalue weighted by Gasteiger charge is -2.30. The van der Waals surface area contributed by atoms with Crippen molar-refractivity contribution in [2.24, 2.45) is 4.99 Å². The van der Waals surface area contributed by atoms with Crippen LogP contribution in [0.5, 0.6) is 5.75 Å². The van der Waals surface area contributed by atoms with Crippen molar-refractivity contribution < 1.29 is 4.74 Å². The third-order valence-corrected chi connectivity index (χ3v) is 9.16. The summed E-state index contributed by atoms with van der Waals surface area (Å²) in [4.78, 5) is 19.9. The van der Waals surface area contributed by atoms with Gasteiger partial charge in [0.15, 0.2) is 4.80 Å². The molecule has 0 radical (unpaired) electrons. The van der Waals surface area contributed by atoms with E-state index >= 15 is 0 Å². The second-order valence-corrected chi connectivity index (χ2v) is 11.9. The van der Waals surface area contributed by atoms with Crippen molar-refractivity contribution in [3.05, 3.63) is 160 Å². The van der Waals surface area contributed by atoms with Crippen LogP contribution in [0.25, 0.3) is 11.8 Å². The largest absolute Gasteiger partial charge is 0.488 e. The molecule has 1 aliphatic heterocycles. The van der Waals surface area contributed by atoms with Crippen molar-refractivity contribution in [2.75, 3.05) is 0 Å². The maximum atomic E-state index is 14.1. The summed E-state index contributed by atoms with van der Waals surface area (Å²) in [5, 5.41) is 1.13. The predicted octanol–water partition coefficient (Wildman–Crippen LogP) is 7.20. The van der Waals surface area contributed by atoms with E-state index in [0.29, 0.717) is 25.1 Å². The van der Waals surface area contributed by atoms with Crippen LogP contribution < -0.4 is 19.6 Å². The van der Waals surface area contributed by atoms with E-state index in [1.807, 2.05) is 59.2 Å². The number of benzene rings is 4. The molecule has 0 unspecified atom stereocenters. The van der Waals surface area contributed by atoms with E-state index in [9.17, 15) is 4.79 Å². The maximum Gasteiger partial charge on any atom is 0.271 e. The highest BCUT2D eigenvalue weighted by Crippen LogP contribution is 2.41. The molecular weight excluding hydrogens is 571 g/mol. The fourth-order valence-corrected chi connectivity index (χ4v) is 7.08. The average Bonchev–Trinajstić information content (AvgIpc) is 3.30. The Balaban J connectivity index is 1.34. The summed E-state index contributed by atoms with van der Waals surface area (Å²) < 4.78 is 8.65. The number of allylic oxidation sites excluding steroid dienone is 1. The van der Waals surface area contributed by atoms with Gasteiger partial charge in [-0.15, -0.1) is 0 Å².